The molecule has 1 heterocycles. The van der Waals surface area contributed by atoms with E-state index in [4.69, 9.17) is 5.11 Å². The predicted molar refractivity (Wildman–Crippen MR) is 78.1 cm³/mol. The van der Waals surface area contributed by atoms with Gasteiger partial charge in [0.2, 0.25) is 0 Å². The van der Waals surface area contributed by atoms with Gasteiger partial charge in [0, 0.05) is 18.3 Å². The summed E-state index contributed by atoms with van der Waals surface area (Å²) in [6.07, 6.45) is 5.01. The van der Waals surface area contributed by atoms with E-state index in [1.807, 2.05) is 4.57 Å². The van der Waals surface area contributed by atoms with Gasteiger partial charge in [0.1, 0.15) is 0 Å². The fourth-order valence-electron chi connectivity index (χ4n) is 2.68. The van der Waals surface area contributed by atoms with E-state index in [2.05, 4.69) is 18.8 Å². The molecule has 1 saturated carbocycles. The number of rotatable bonds is 4. The van der Waals surface area contributed by atoms with Crippen LogP contribution in [0.15, 0.2) is 22.2 Å². The van der Waals surface area contributed by atoms with Crippen molar-refractivity contribution in [3.05, 3.63) is 22.6 Å². The van der Waals surface area contributed by atoms with Crippen LogP contribution in [-0.4, -0.2) is 26.4 Å². The maximum Gasteiger partial charge on any atom is 0.313 e. The summed E-state index contributed by atoms with van der Waals surface area (Å²) >= 11 is 1.12. The van der Waals surface area contributed by atoms with Crippen molar-refractivity contribution in [1.82, 2.24) is 9.55 Å². The number of aromatic nitrogens is 2. The quantitative estimate of drug-likeness (QED) is 0.682. The molecule has 2 rings (SSSR count). The number of thioether (sulfide) groups is 1. The van der Waals surface area contributed by atoms with Crippen LogP contribution in [0.3, 0.4) is 0 Å². The first-order chi connectivity index (χ1) is 9.47. The molecule has 0 aromatic carbocycles. The van der Waals surface area contributed by atoms with Crippen LogP contribution >= 0.6 is 11.8 Å². The number of nitrogens with zero attached hydrogens (tertiary/aromatic N) is 2. The van der Waals surface area contributed by atoms with Gasteiger partial charge in [-0.05, 0) is 31.1 Å². The predicted octanol–water partition coefficient (Wildman–Crippen LogP) is 2.42. The number of carboxylic acids is 1. The average Bonchev–Trinajstić information content (AvgIpc) is 2.40. The smallest absolute Gasteiger partial charge is 0.313 e. The maximum absolute atomic E-state index is 11.4. The molecule has 0 saturated heterocycles. The summed E-state index contributed by atoms with van der Waals surface area (Å²) in [4.78, 5) is 26.1. The fraction of sp³-hybridized carbons (Fsp3) is 0.643. The van der Waals surface area contributed by atoms with Crippen molar-refractivity contribution in [2.75, 3.05) is 5.75 Å². The Morgan fingerprint density at radius 3 is 2.85 bits per heavy atom. The summed E-state index contributed by atoms with van der Waals surface area (Å²) in [7, 11) is 0. The standard InChI is InChI=1S/C14H20N2O3S/c1-9-3-4-11(7-10(9)2)16-6-5-12(17)15-14(16)20-8-13(18)19/h5-6,9-11H,3-4,7-8H2,1-2H3,(H,18,19). The highest BCUT2D eigenvalue weighted by Gasteiger charge is 2.26. The highest BCUT2D eigenvalue weighted by Crippen LogP contribution is 2.37. The first-order valence-electron chi connectivity index (χ1n) is 6.91. The lowest BCUT2D eigenvalue weighted by molar-refractivity contribution is -0.133. The van der Waals surface area contributed by atoms with Crippen LogP contribution in [0.4, 0.5) is 0 Å². The van der Waals surface area contributed by atoms with Gasteiger partial charge >= 0.3 is 5.97 Å². The Morgan fingerprint density at radius 1 is 1.45 bits per heavy atom. The van der Waals surface area contributed by atoms with E-state index in [0.717, 1.165) is 31.0 Å². The van der Waals surface area contributed by atoms with Gasteiger partial charge in [0.05, 0.1) is 5.75 Å². The Hall–Kier alpha value is -1.30. The second-order valence-corrected chi connectivity index (χ2v) is 6.50. The van der Waals surface area contributed by atoms with Gasteiger partial charge in [0.25, 0.3) is 5.56 Å². The molecular weight excluding hydrogens is 276 g/mol. The Bertz CT molecular complexity index is 543. The number of hydrogen-bond donors (Lipinski definition) is 1. The van der Waals surface area contributed by atoms with E-state index in [1.54, 1.807) is 6.20 Å². The van der Waals surface area contributed by atoms with Crippen LogP contribution in [0.25, 0.3) is 0 Å². The van der Waals surface area contributed by atoms with Crippen molar-refractivity contribution in [3.63, 3.8) is 0 Å². The van der Waals surface area contributed by atoms with E-state index in [1.165, 1.54) is 6.07 Å². The molecule has 1 fully saturated rings. The summed E-state index contributed by atoms with van der Waals surface area (Å²) in [6, 6.07) is 1.76. The molecule has 1 aliphatic carbocycles. The van der Waals surface area contributed by atoms with Crippen LogP contribution in [0.1, 0.15) is 39.2 Å². The van der Waals surface area contributed by atoms with Crippen LogP contribution < -0.4 is 5.56 Å². The van der Waals surface area contributed by atoms with Crippen LogP contribution in [-0.2, 0) is 4.79 Å². The normalized spacial score (nSPS) is 26.4. The molecular formula is C14H20N2O3S. The minimum absolute atomic E-state index is 0.0743. The number of carbonyl (C=O) groups is 1. The van der Waals surface area contributed by atoms with Crippen molar-refractivity contribution < 1.29 is 9.90 Å². The molecule has 1 aromatic heterocycles. The summed E-state index contributed by atoms with van der Waals surface area (Å²) in [5.41, 5.74) is -0.314. The van der Waals surface area contributed by atoms with Crippen LogP contribution in [0.2, 0.25) is 0 Å². The summed E-state index contributed by atoms with van der Waals surface area (Å²) < 4.78 is 1.98. The Morgan fingerprint density at radius 2 is 2.20 bits per heavy atom. The number of hydrogen-bond acceptors (Lipinski definition) is 4. The summed E-state index contributed by atoms with van der Waals surface area (Å²) in [5.74, 6) is 0.374. The van der Waals surface area contributed by atoms with E-state index in [-0.39, 0.29) is 11.3 Å². The second-order valence-electron chi connectivity index (χ2n) is 5.56. The van der Waals surface area contributed by atoms with Gasteiger partial charge in [-0.1, -0.05) is 25.6 Å². The highest BCUT2D eigenvalue weighted by atomic mass is 32.2. The van der Waals surface area contributed by atoms with Crippen molar-refractivity contribution >= 4 is 17.7 Å². The zero-order valence-electron chi connectivity index (χ0n) is 11.8. The molecule has 1 N–H and O–H groups in total. The molecule has 1 aromatic rings. The zero-order valence-corrected chi connectivity index (χ0v) is 12.6. The van der Waals surface area contributed by atoms with E-state index < -0.39 is 5.97 Å². The minimum Gasteiger partial charge on any atom is -0.481 e. The minimum atomic E-state index is -0.898. The molecule has 0 aliphatic heterocycles. The van der Waals surface area contributed by atoms with Crippen molar-refractivity contribution in [3.8, 4) is 0 Å². The van der Waals surface area contributed by atoms with Crippen molar-refractivity contribution in [1.29, 1.82) is 0 Å². The zero-order chi connectivity index (χ0) is 14.7. The molecule has 110 valence electrons. The summed E-state index contributed by atoms with van der Waals surface area (Å²) in [5, 5.41) is 9.31. The molecule has 3 unspecified atom stereocenters. The topological polar surface area (TPSA) is 72.2 Å². The van der Waals surface area contributed by atoms with Gasteiger partial charge in [0.15, 0.2) is 5.16 Å². The molecule has 0 amide bonds. The third-order valence-corrected chi connectivity index (χ3v) is 5.04. The maximum atomic E-state index is 11.4. The monoisotopic (exact) mass is 296 g/mol. The lowest BCUT2D eigenvalue weighted by atomic mass is 9.79. The van der Waals surface area contributed by atoms with Gasteiger partial charge in [-0.25, -0.2) is 0 Å². The highest BCUT2D eigenvalue weighted by molar-refractivity contribution is 7.99. The van der Waals surface area contributed by atoms with Crippen molar-refractivity contribution in [2.45, 2.75) is 44.3 Å². The molecule has 1 aliphatic rings. The van der Waals surface area contributed by atoms with E-state index in [9.17, 15) is 9.59 Å². The molecule has 0 spiro atoms. The van der Waals surface area contributed by atoms with Crippen LogP contribution in [0.5, 0.6) is 0 Å². The number of aliphatic carboxylic acids is 1. The first kappa shape index (κ1) is 15.1. The lowest BCUT2D eigenvalue weighted by Crippen LogP contribution is -2.26. The van der Waals surface area contributed by atoms with E-state index in [0.29, 0.717) is 23.0 Å². The van der Waals surface area contributed by atoms with Gasteiger partial charge in [-0.3, -0.25) is 9.59 Å². The SMILES string of the molecule is CC1CCC(n2ccc(=O)nc2SCC(=O)O)CC1C. The number of carboxylic acid groups (broad SMARTS) is 1. The molecule has 6 heteroatoms. The lowest BCUT2D eigenvalue weighted by Gasteiger charge is -2.34. The van der Waals surface area contributed by atoms with Gasteiger partial charge in [-0.2, -0.15) is 4.98 Å². The second kappa shape index (κ2) is 6.43. The van der Waals surface area contributed by atoms with Crippen LogP contribution in [0, 0.1) is 11.8 Å². The Balaban J connectivity index is 2.22. The molecule has 20 heavy (non-hydrogen) atoms. The molecule has 5 nitrogen and oxygen atoms in total. The largest absolute Gasteiger partial charge is 0.481 e. The first-order valence-corrected chi connectivity index (χ1v) is 7.89. The average molecular weight is 296 g/mol. The third kappa shape index (κ3) is 3.62. The van der Waals surface area contributed by atoms with Gasteiger partial charge in [-0.15, -0.1) is 0 Å². The third-order valence-electron chi connectivity index (χ3n) is 4.09. The molecule has 3 atom stereocenters. The molecule has 0 radical (unpaired) electrons. The summed E-state index contributed by atoms with van der Waals surface area (Å²) in [6.45, 7) is 4.52. The van der Waals surface area contributed by atoms with Gasteiger partial charge < -0.3 is 9.67 Å². The fourth-order valence-corrected chi connectivity index (χ4v) is 3.45. The Kier molecular flexibility index (Phi) is 4.86. The molecule has 0 bridgehead atoms. The Labute approximate surface area is 122 Å². The van der Waals surface area contributed by atoms with Crippen molar-refractivity contribution in [2.24, 2.45) is 11.8 Å². The van der Waals surface area contributed by atoms with E-state index >= 15 is 0 Å².